The Morgan fingerprint density at radius 1 is 0.905 bits per heavy atom. The normalized spacial score (nSPS) is 14.0. The molecule has 0 aliphatic carbocycles. The fourth-order valence-corrected chi connectivity index (χ4v) is 3.52. The van der Waals surface area contributed by atoms with Gasteiger partial charge in [-0.25, -0.2) is 0 Å². The van der Waals surface area contributed by atoms with E-state index in [-0.39, 0.29) is 0 Å². The fourth-order valence-electron chi connectivity index (χ4n) is 2.81. The third-order valence-electron chi connectivity index (χ3n) is 3.87. The maximum atomic E-state index is 10.9. The first-order valence-electron chi connectivity index (χ1n) is 7.02. The van der Waals surface area contributed by atoms with E-state index in [0.717, 1.165) is 15.6 Å². The molecule has 0 aliphatic heterocycles. The van der Waals surface area contributed by atoms with Gasteiger partial charge in [-0.3, -0.25) is 0 Å². The van der Waals surface area contributed by atoms with Crippen molar-refractivity contribution in [2.45, 2.75) is 18.9 Å². The number of halogens is 1. The van der Waals surface area contributed by atoms with Crippen molar-refractivity contribution in [2.24, 2.45) is 0 Å². The van der Waals surface area contributed by atoms with Crippen LogP contribution in [0.2, 0.25) is 0 Å². The third kappa shape index (κ3) is 2.87. The number of rotatable bonds is 3. The second-order valence-electron chi connectivity index (χ2n) is 5.57. The molecule has 0 fully saturated rings. The van der Waals surface area contributed by atoms with Crippen molar-refractivity contribution >= 4 is 26.7 Å². The smallest absolute Gasteiger partial charge is 0.0919 e. The Kier molecular flexibility index (Phi) is 3.83. The average molecular weight is 341 g/mol. The van der Waals surface area contributed by atoms with Crippen LogP contribution < -0.4 is 0 Å². The summed E-state index contributed by atoms with van der Waals surface area (Å²) in [6.07, 6.45) is 0.580. The first-order chi connectivity index (χ1) is 10.1. The van der Waals surface area contributed by atoms with Gasteiger partial charge in [-0.05, 0) is 34.9 Å². The zero-order chi connectivity index (χ0) is 14.9. The fraction of sp³-hybridized carbons (Fsp3) is 0.158. The summed E-state index contributed by atoms with van der Waals surface area (Å²) >= 11 is 3.54. The van der Waals surface area contributed by atoms with Gasteiger partial charge in [-0.1, -0.05) is 76.6 Å². The minimum absolute atomic E-state index is 0.580. The Bertz CT molecular complexity index is 772. The first-order valence-corrected chi connectivity index (χ1v) is 7.81. The topological polar surface area (TPSA) is 20.2 Å². The molecule has 1 unspecified atom stereocenters. The van der Waals surface area contributed by atoms with Crippen LogP contribution >= 0.6 is 15.9 Å². The molecular formula is C19H17BrO. The van der Waals surface area contributed by atoms with E-state index in [1.54, 1.807) is 0 Å². The van der Waals surface area contributed by atoms with E-state index in [1.165, 1.54) is 10.8 Å². The molecule has 2 heteroatoms. The van der Waals surface area contributed by atoms with Crippen molar-refractivity contribution in [1.82, 2.24) is 0 Å². The Morgan fingerprint density at radius 2 is 1.57 bits per heavy atom. The van der Waals surface area contributed by atoms with E-state index in [1.807, 2.05) is 49.4 Å². The minimum Gasteiger partial charge on any atom is -0.385 e. The highest BCUT2D eigenvalue weighted by molar-refractivity contribution is 9.10. The van der Waals surface area contributed by atoms with Gasteiger partial charge in [0, 0.05) is 10.9 Å². The zero-order valence-electron chi connectivity index (χ0n) is 11.9. The summed E-state index contributed by atoms with van der Waals surface area (Å²) in [5.74, 6) is 0. The largest absolute Gasteiger partial charge is 0.385 e. The molecule has 0 bridgehead atoms. The highest BCUT2D eigenvalue weighted by Crippen LogP contribution is 2.33. The van der Waals surface area contributed by atoms with Crippen LogP contribution in [-0.2, 0) is 12.0 Å². The van der Waals surface area contributed by atoms with Gasteiger partial charge in [-0.2, -0.15) is 0 Å². The van der Waals surface area contributed by atoms with Gasteiger partial charge in [0.2, 0.25) is 0 Å². The van der Waals surface area contributed by atoms with E-state index in [0.29, 0.717) is 6.42 Å². The molecule has 3 aromatic rings. The zero-order valence-corrected chi connectivity index (χ0v) is 13.5. The van der Waals surface area contributed by atoms with E-state index in [4.69, 9.17) is 0 Å². The van der Waals surface area contributed by atoms with Crippen molar-refractivity contribution in [3.05, 3.63) is 82.3 Å². The Hall–Kier alpha value is -1.64. The van der Waals surface area contributed by atoms with Crippen molar-refractivity contribution in [2.75, 3.05) is 0 Å². The van der Waals surface area contributed by atoms with Gasteiger partial charge in [-0.15, -0.1) is 0 Å². The second kappa shape index (κ2) is 5.63. The van der Waals surface area contributed by atoms with E-state index < -0.39 is 5.60 Å². The third-order valence-corrected chi connectivity index (χ3v) is 4.56. The van der Waals surface area contributed by atoms with Crippen molar-refractivity contribution in [3.8, 4) is 0 Å². The van der Waals surface area contributed by atoms with Crippen LogP contribution in [-0.4, -0.2) is 5.11 Å². The highest BCUT2D eigenvalue weighted by Gasteiger charge is 2.26. The predicted octanol–water partition coefficient (Wildman–Crippen LogP) is 5.05. The lowest BCUT2D eigenvalue weighted by molar-refractivity contribution is 0.0572. The van der Waals surface area contributed by atoms with Gasteiger partial charge >= 0.3 is 0 Å². The average Bonchev–Trinajstić information content (AvgIpc) is 2.47. The summed E-state index contributed by atoms with van der Waals surface area (Å²) in [7, 11) is 0. The predicted molar refractivity (Wildman–Crippen MR) is 91.4 cm³/mol. The number of hydrogen-bond donors (Lipinski definition) is 1. The summed E-state index contributed by atoms with van der Waals surface area (Å²) in [5, 5.41) is 13.4. The standard InChI is InChI=1S/C19H17BrO/c1-19(21,17-11-4-5-12-18(17)20)13-15-9-6-8-14-7-2-3-10-16(14)15/h2-12,21H,13H2,1H3. The molecule has 3 aromatic carbocycles. The summed E-state index contributed by atoms with van der Waals surface area (Å²) < 4.78 is 0.940. The van der Waals surface area contributed by atoms with Gasteiger partial charge in [0.25, 0.3) is 0 Å². The molecule has 21 heavy (non-hydrogen) atoms. The minimum atomic E-state index is -0.912. The quantitative estimate of drug-likeness (QED) is 0.707. The molecular weight excluding hydrogens is 324 g/mol. The highest BCUT2D eigenvalue weighted by atomic mass is 79.9. The molecule has 0 aromatic heterocycles. The molecule has 0 heterocycles. The van der Waals surface area contributed by atoms with E-state index >= 15 is 0 Å². The van der Waals surface area contributed by atoms with Gasteiger partial charge in [0.1, 0.15) is 0 Å². The number of fused-ring (bicyclic) bond motifs is 1. The molecule has 0 aliphatic rings. The van der Waals surface area contributed by atoms with Crippen LogP contribution in [0.5, 0.6) is 0 Å². The Morgan fingerprint density at radius 3 is 2.38 bits per heavy atom. The Labute approximate surface area is 133 Å². The maximum absolute atomic E-state index is 10.9. The molecule has 0 spiro atoms. The molecule has 106 valence electrons. The summed E-state index contributed by atoms with van der Waals surface area (Å²) in [6, 6.07) is 22.4. The second-order valence-corrected chi connectivity index (χ2v) is 6.42. The molecule has 0 radical (unpaired) electrons. The van der Waals surface area contributed by atoms with Gasteiger partial charge < -0.3 is 5.11 Å². The Balaban J connectivity index is 2.04. The van der Waals surface area contributed by atoms with Crippen LogP contribution in [0.4, 0.5) is 0 Å². The van der Waals surface area contributed by atoms with Crippen LogP contribution in [0.1, 0.15) is 18.1 Å². The van der Waals surface area contributed by atoms with Crippen LogP contribution in [0, 0.1) is 0 Å². The summed E-state index contributed by atoms with van der Waals surface area (Å²) in [6.45, 7) is 1.87. The van der Waals surface area contributed by atoms with Crippen LogP contribution in [0.15, 0.2) is 71.2 Å². The molecule has 3 rings (SSSR count). The maximum Gasteiger partial charge on any atom is 0.0919 e. The van der Waals surface area contributed by atoms with Crippen LogP contribution in [0.25, 0.3) is 10.8 Å². The molecule has 0 saturated heterocycles. The summed E-state index contributed by atoms with van der Waals surface area (Å²) in [4.78, 5) is 0. The molecule has 0 amide bonds. The van der Waals surface area contributed by atoms with Crippen LogP contribution in [0.3, 0.4) is 0 Å². The molecule has 1 nitrogen and oxygen atoms in total. The van der Waals surface area contributed by atoms with Gasteiger partial charge in [0.05, 0.1) is 5.60 Å². The lowest BCUT2D eigenvalue weighted by atomic mass is 9.87. The van der Waals surface area contributed by atoms with Gasteiger partial charge in [0.15, 0.2) is 0 Å². The number of hydrogen-bond acceptors (Lipinski definition) is 1. The lowest BCUT2D eigenvalue weighted by Crippen LogP contribution is -2.24. The van der Waals surface area contributed by atoms with Crippen molar-refractivity contribution < 1.29 is 5.11 Å². The lowest BCUT2D eigenvalue weighted by Gasteiger charge is -2.26. The van der Waals surface area contributed by atoms with Crippen molar-refractivity contribution in [3.63, 3.8) is 0 Å². The number of benzene rings is 3. The SMILES string of the molecule is CC(O)(Cc1cccc2ccccc12)c1ccccc1Br. The molecule has 1 N–H and O–H groups in total. The number of aliphatic hydroxyl groups is 1. The molecule has 0 saturated carbocycles. The first kappa shape index (κ1) is 14.3. The monoisotopic (exact) mass is 340 g/mol. The molecule has 1 atom stereocenters. The summed E-state index contributed by atoms with van der Waals surface area (Å²) in [5.41, 5.74) is 1.16. The van der Waals surface area contributed by atoms with E-state index in [9.17, 15) is 5.11 Å². The van der Waals surface area contributed by atoms with Crippen molar-refractivity contribution in [1.29, 1.82) is 0 Å². The van der Waals surface area contributed by atoms with E-state index in [2.05, 4.69) is 40.2 Å².